The standard InChI is InChI=1S/C21H23N5O/c1-27-16-5-6-19-17(10-16)20(7-8-22-19)23-11-14-12-26(13-14)21-9-15-3-2-4-18(15)24-25-21/h5-10,14H,2-4,11-13H2,1H3,(H,22,23). The molecular weight excluding hydrogens is 338 g/mol. The van der Waals surface area contributed by atoms with Crippen LogP contribution in [0.2, 0.25) is 0 Å². The van der Waals surface area contributed by atoms with Gasteiger partial charge in [-0.1, -0.05) is 0 Å². The van der Waals surface area contributed by atoms with Crippen molar-refractivity contribution < 1.29 is 4.74 Å². The first-order chi connectivity index (χ1) is 13.3. The first kappa shape index (κ1) is 16.3. The number of rotatable bonds is 5. The number of ether oxygens (including phenoxy) is 1. The van der Waals surface area contributed by atoms with E-state index in [-0.39, 0.29) is 0 Å². The Kier molecular flexibility index (Phi) is 4.03. The Morgan fingerprint density at radius 2 is 2.07 bits per heavy atom. The van der Waals surface area contributed by atoms with Gasteiger partial charge in [0.15, 0.2) is 5.82 Å². The second kappa shape index (κ2) is 6.68. The average molecular weight is 361 g/mol. The van der Waals surface area contributed by atoms with E-state index in [0.717, 1.165) is 60.6 Å². The molecular formula is C21H23N5O. The maximum Gasteiger partial charge on any atom is 0.151 e. The lowest BCUT2D eigenvalue weighted by atomic mass is 9.99. The largest absolute Gasteiger partial charge is 0.497 e. The van der Waals surface area contributed by atoms with Gasteiger partial charge in [0.2, 0.25) is 0 Å². The van der Waals surface area contributed by atoms with Crippen LogP contribution in [0.4, 0.5) is 11.5 Å². The van der Waals surface area contributed by atoms with Crippen LogP contribution >= 0.6 is 0 Å². The number of benzene rings is 1. The van der Waals surface area contributed by atoms with Crippen molar-refractivity contribution in [2.75, 3.05) is 37.0 Å². The summed E-state index contributed by atoms with van der Waals surface area (Å²) in [4.78, 5) is 6.76. The van der Waals surface area contributed by atoms with Crippen LogP contribution in [-0.2, 0) is 12.8 Å². The molecule has 1 aromatic carbocycles. The molecule has 2 aromatic heterocycles. The average Bonchev–Trinajstić information content (AvgIpc) is 3.14. The minimum absolute atomic E-state index is 0.605. The summed E-state index contributed by atoms with van der Waals surface area (Å²) in [6, 6.07) is 10.3. The first-order valence-corrected chi connectivity index (χ1v) is 9.57. The van der Waals surface area contributed by atoms with Gasteiger partial charge in [-0.2, -0.15) is 5.10 Å². The third-order valence-corrected chi connectivity index (χ3v) is 5.62. The summed E-state index contributed by atoms with van der Waals surface area (Å²) in [6.45, 7) is 2.98. The molecule has 0 bridgehead atoms. The van der Waals surface area contributed by atoms with Crippen LogP contribution in [0.15, 0.2) is 36.5 Å². The quantitative estimate of drug-likeness (QED) is 0.754. The van der Waals surface area contributed by atoms with E-state index in [1.54, 1.807) is 7.11 Å². The SMILES string of the molecule is COc1ccc2nccc(NCC3CN(c4cc5c(nn4)CCC5)C3)c2c1. The second-order valence-electron chi connectivity index (χ2n) is 7.42. The molecule has 0 atom stereocenters. The minimum Gasteiger partial charge on any atom is -0.497 e. The van der Waals surface area contributed by atoms with Crippen molar-refractivity contribution in [3.63, 3.8) is 0 Å². The highest BCUT2D eigenvalue weighted by molar-refractivity contribution is 5.92. The summed E-state index contributed by atoms with van der Waals surface area (Å²) in [6.07, 6.45) is 5.30. The summed E-state index contributed by atoms with van der Waals surface area (Å²) in [5.74, 6) is 2.49. The van der Waals surface area contributed by atoms with Crippen LogP contribution < -0.4 is 15.0 Å². The zero-order valence-corrected chi connectivity index (χ0v) is 15.5. The third kappa shape index (κ3) is 3.05. The molecule has 1 saturated heterocycles. The van der Waals surface area contributed by atoms with Gasteiger partial charge in [-0.25, -0.2) is 0 Å². The highest BCUT2D eigenvalue weighted by atomic mass is 16.5. The van der Waals surface area contributed by atoms with Crippen LogP contribution in [0.3, 0.4) is 0 Å². The normalized spacial score (nSPS) is 16.3. The van der Waals surface area contributed by atoms with Crippen molar-refractivity contribution in [2.45, 2.75) is 19.3 Å². The molecule has 2 aliphatic rings. The van der Waals surface area contributed by atoms with E-state index < -0.39 is 0 Å². The van der Waals surface area contributed by atoms with Gasteiger partial charge in [0.1, 0.15) is 5.75 Å². The second-order valence-corrected chi connectivity index (χ2v) is 7.42. The Labute approximate surface area is 158 Å². The molecule has 0 amide bonds. The maximum absolute atomic E-state index is 5.35. The fraction of sp³-hybridized carbons (Fsp3) is 0.381. The predicted octanol–water partition coefficient (Wildman–Crippen LogP) is 3.07. The number of nitrogens with one attached hydrogen (secondary N) is 1. The fourth-order valence-corrected chi connectivity index (χ4v) is 4.02. The molecule has 27 heavy (non-hydrogen) atoms. The van der Waals surface area contributed by atoms with E-state index in [0.29, 0.717) is 5.92 Å². The molecule has 138 valence electrons. The molecule has 6 nitrogen and oxygen atoms in total. The van der Waals surface area contributed by atoms with Gasteiger partial charge in [-0.15, -0.1) is 5.10 Å². The van der Waals surface area contributed by atoms with Crippen LogP contribution in [0.1, 0.15) is 17.7 Å². The van der Waals surface area contributed by atoms with Crippen LogP contribution in [0.25, 0.3) is 10.9 Å². The molecule has 5 rings (SSSR count). The van der Waals surface area contributed by atoms with Crippen LogP contribution in [0, 0.1) is 5.92 Å². The molecule has 3 heterocycles. The molecule has 1 aliphatic carbocycles. The van der Waals surface area contributed by atoms with E-state index >= 15 is 0 Å². The molecule has 0 radical (unpaired) electrons. The zero-order chi connectivity index (χ0) is 18.2. The summed E-state index contributed by atoms with van der Waals surface area (Å²) in [5.41, 5.74) is 4.66. The van der Waals surface area contributed by atoms with Crippen molar-refractivity contribution in [1.82, 2.24) is 15.2 Å². The molecule has 3 aromatic rings. The lowest BCUT2D eigenvalue weighted by Crippen LogP contribution is -2.50. The molecule has 6 heteroatoms. The summed E-state index contributed by atoms with van der Waals surface area (Å²) >= 11 is 0. The van der Waals surface area contributed by atoms with E-state index in [1.807, 2.05) is 30.5 Å². The molecule has 0 unspecified atom stereocenters. The number of hydrogen-bond acceptors (Lipinski definition) is 6. The molecule has 1 aliphatic heterocycles. The Balaban J connectivity index is 1.23. The smallest absolute Gasteiger partial charge is 0.151 e. The number of anilines is 2. The Hall–Kier alpha value is -2.89. The zero-order valence-electron chi connectivity index (χ0n) is 15.5. The van der Waals surface area contributed by atoms with Gasteiger partial charge in [0.05, 0.1) is 18.3 Å². The number of aryl methyl sites for hydroxylation is 2. The lowest BCUT2D eigenvalue weighted by molar-refractivity contribution is 0.415. The number of pyridine rings is 1. The highest BCUT2D eigenvalue weighted by Crippen LogP contribution is 2.29. The molecule has 1 N–H and O–H groups in total. The van der Waals surface area contributed by atoms with Gasteiger partial charge in [0, 0.05) is 42.8 Å². The first-order valence-electron chi connectivity index (χ1n) is 9.57. The van der Waals surface area contributed by atoms with Crippen molar-refractivity contribution in [1.29, 1.82) is 0 Å². The minimum atomic E-state index is 0.605. The van der Waals surface area contributed by atoms with Crippen LogP contribution in [-0.4, -0.2) is 41.9 Å². The van der Waals surface area contributed by atoms with Gasteiger partial charge < -0.3 is 15.0 Å². The number of nitrogens with zero attached hydrogens (tertiary/aromatic N) is 4. The third-order valence-electron chi connectivity index (χ3n) is 5.62. The number of methoxy groups -OCH3 is 1. The summed E-state index contributed by atoms with van der Waals surface area (Å²) < 4.78 is 5.35. The number of aromatic nitrogens is 3. The van der Waals surface area contributed by atoms with Gasteiger partial charge in [-0.05, 0) is 55.2 Å². The number of hydrogen-bond donors (Lipinski definition) is 1. The maximum atomic E-state index is 5.35. The summed E-state index contributed by atoms with van der Waals surface area (Å²) in [7, 11) is 1.69. The number of fused-ring (bicyclic) bond motifs is 2. The fourth-order valence-electron chi connectivity index (χ4n) is 4.02. The van der Waals surface area contributed by atoms with Crippen molar-refractivity contribution >= 4 is 22.4 Å². The van der Waals surface area contributed by atoms with Crippen molar-refractivity contribution in [2.24, 2.45) is 5.92 Å². The van der Waals surface area contributed by atoms with Crippen molar-refractivity contribution in [3.8, 4) is 5.75 Å². The van der Waals surface area contributed by atoms with E-state index in [9.17, 15) is 0 Å². The van der Waals surface area contributed by atoms with E-state index in [2.05, 4.69) is 31.5 Å². The Morgan fingerprint density at radius 1 is 1.15 bits per heavy atom. The summed E-state index contributed by atoms with van der Waals surface area (Å²) in [5, 5.41) is 13.5. The van der Waals surface area contributed by atoms with E-state index in [4.69, 9.17) is 4.74 Å². The molecule has 0 saturated carbocycles. The Morgan fingerprint density at radius 3 is 2.96 bits per heavy atom. The topological polar surface area (TPSA) is 63.2 Å². The lowest BCUT2D eigenvalue weighted by Gasteiger charge is -2.40. The van der Waals surface area contributed by atoms with Crippen LogP contribution in [0.5, 0.6) is 5.75 Å². The van der Waals surface area contributed by atoms with Crippen molar-refractivity contribution in [3.05, 3.63) is 47.8 Å². The van der Waals surface area contributed by atoms with Gasteiger partial charge in [0.25, 0.3) is 0 Å². The molecule has 0 spiro atoms. The van der Waals surface area contributed by atoms with E-state index in [1.165, 1.54) is 17.7 Å². The predicted molar refractivity (Wildman–Crippen MR) is 107 cm³/mol. The monoisotopic (exact) mass is 361 g/mol. The van der Waals surface area contributed by atoms with Gasteiger partial charge in [-0.3, -0.25) is 4.98 Å². The molecule has 1 fully saturated rings. The van der Waals surface area contributed by atoms with Gasteiger partial charge >= 0.3 is 0 Å². The highest BCUT2D eigenvalue weighted by Gasteiger charge is 2.29. The Bertz CT molecular complexity index is 983.